The standard InChI is InChI=1S/C13H24N2O/c16-13-8-2-1-3-10-15(13)11-5-9-14-12-6-4-7-12/h12,14H,1-11H2. The molecule has 0 radical (unpaired) electrons. The largest absolute Gasteiger partial charge is 0.343 e. The fourth-order valence-electron chi connectivity index (χ4n) is 2.46. The second kappa shape index (κ2) is 6.24. The van der Waals surface area contributed by atoms with E-state index in [2.05, 4.69) is 10.2 Å². The maximum absolute atomic E-state index is 11.7. The van der Waals surface area contributed by atoms with Crippen LogP contribution < -0.4 is 5.32 Å². The summed E-state index contributed by atoms with van der Waals surface area (Å²) in [6.07, 6.45) is 9.49. The van der Waals surface area contributed by atoms with Gasteiger partial charge in [-0.2, -0.15) is 0 Å². The van der Waals surface area contributed by atoms with E-state index in [1.807, 2.05) is 0 Å². The summed E-state index contributed by atoms with van der Waals surface area (Å²) in [5.41, 5.74) is 0. The van der Waals surface area contributed by atoms with Crippen molar-refractivity contribution in [2.24, 2.45) is 0 Å². The van der Waals surface area contributed by atoms with Crippen LogP contribution in [0.3, 0.4) is 0 Å². The maximum atomic E-state index is 11.7. The van der Waals surface area contributed by atoms with Crippen molar-refractivity contribution in [1.82, 2.24) is 10.2 Å². The molecule has 2 fully saturated rings. The lowest BCUT2D eigenvalue weighted by atomic mass is 9.93. The summed E-state index contributed by atoms with van der Waals surface area (Å²) in [5.74, 6) is 0.376. The van der Waals surface area contributed by atoms with Crippen LogP contribution in [-0.2, 0) is 4.79 Å². The highest BCUT2D eigenvalue weighted by Crippen LogP contribution is 2.17. The lowest BCUT2D eigenvalue weighted by molar-refractivity contribution is -0.130. The molecule has 0 bridgehead atoms. The van der Waals surface area contributed by atoms with Gasteiger partial charge in [-0.25, -0.2) is 0 Å². The normalized spacial score (nSPS) is 23.0. The van der Waals surface area contributed by atoms with Crippen molar-refractivity contribution >= 4 is 5.91 Å². The van der Waals surface area contributed by atoms with E-state index in [4.69, 9.17) is 0 Å². The SMILES string of the molecule is O=C1CCCCCN1CCCNC1CCC1. The van der Waals surface area contributed by atoms with Crippen LogP contribution >= 0.6 is 0 Å². The van der Waals surface area contributed by atoms with Gasteiger partial charge in [-0.3, -0.25) is 4.79 Å². The number of nitrogens with one attached hydrogen (secondary N) is 1. The van der Waals surface area contributed by atoms with Crippen LogP contribution in [0, 0.1) is 0 Å². The van der Waals surface area contributed by atoms with Gasteiger partial charge in [-0.1, -0.05) is 12.8 Å². The molecule has 0 aromatic rings. The second-order valence-corrected chi connectivity index (χ2v) is 5.13. The van der Waals surface area contributed by atoms with Crippen molar-refractivity contribution in [2.45, 2.75) is 57.4 Å². The lowest BCUT2D eigenvalue weighted by Gasteiger charge is -2.27. The monoisotopic (exact) mass is 224 g/mol. The van der Waals surface area contributed by atoms with Gasteiger partial charge >= 0.3 is 0 Å². The van der Waals surface area contributed by atoms with Gasteiger partial charge in [0, 0.05) is 25.6 Å². The zero-order valence-electron chi connectivity index (χ0n) is 10.2. The van der Waals surface area contributed by atoms with Crippen molar-refractivity contribution in [1.29, 1.82) is 0 Å². The van der Waals surface area contributed by atoms with Crippen LogP contribution in [0.4, 0.5) is 0 Å². The van der Waals surface area contributed by atoms with Gasteiger partial charge in [0.15, 0.2) is 0 Å². The summed E-state index contributed by atoms with van der Waals surface area (Å²) in [7, 11) is 0. The molecule has 1 N–H and O–H groups in total. The van der Waals surface area contributed by atoms with Crippen molar-refractivity contribution in [3.05, 3.63) is 0 Å². The number of likely N-dealkylation sites (tertiary alicyclic amines) is 1. The molecule has 0 unspecified atom stereocenters. The van der Waals surface area contributed by atoms with Gasteiger partial charge in [0.25, 0.3) is 0 Å². The smallest absolute Gasteiger partial charge is 0.222 e. The first-order valence-electron chi connectivity index (χ1n) is 6.87. The molecule has 1 saturated heterocycles. The summed E-state index contributed by atoms with van der Waals surface area (Å²) in [4.78, 5) is 13.8. The highest BCUT2D eigenvalue weighted by Gasteiger charge is 2.17. The number of carbonyl (C=O) groups is 1. The fourth-order valence-corrected chi connectivity index (χ4v) is 2.46. The predicted molar refractivity (Wildman–Crippen MR) is 65.3 cm³/mol. The number of rotatable bonds is 5. The Kier molecular flexibility index (Phi) is 4.64. The first-order chi connectivity index (χ1) is 7.86. The Hall–Kier alpha value is -0.570. The van der Waals surface area contributed by atoms with E-state index in [0.29, 0.717) is 5.91 Å². The lowest BCUT2D eigenvalue weighted by Crippen LogP contribution is -2.38. The molecule has 92 valence electrons. The number of nitrogens with zero attached hydrogens (tertiary/aromatic N) is 1. The highest BCUT2D eigenvalue weighted by molar-refractivity contribution is 5.76. The van der Waals surface area contributed by atoms with Crippen LogP contribution in [0.2, 0.25) is 0 Å². The molecule has 3 nitrogen and oxygen atoms in total. The van der Waals surface area contributed by atoms with E-state index in [1.54, 1.807) is 0 Å². The van der Waals surface area contributed by atoms with E-state index in [-0.39, 0.29) is 0 Å². The Morgan fingerprint density at radius 1 is 1.19 bits per heavy atom. The minimum atomic E-state index is 0.376. The minimum Gasteiger partial charge on any atom is -0.343 e. The quantitative estimate of drug-likeness (QED) is 0.724. The molecular weight excluding hydrogens is 200 g/mol. The average molecular weight is 224 g/mol. The molecule has 0 spiro atoms. The Balaban J connectivity index is 1.57. The van der Waals surface area contributed by atoms with Crippen LogP contribution in [-0.4, -0.2) is 36.5 Å². The third kappa shape index (κ3) is 3.48. The zero-order chi connectivity index (χ0) is 11.2. The molecule has 0 atom stereocenters. The third-order valence-corrected chi connectivity index (χ3v) is 3.81. The summed E-state index contributed by atoms with van der Waals surface area (Å²) in [5, 5.41) is 3.55. The Morgan fingerprint density at radius 2 is 2.06 bits per heavy atom. The summed E-state index contributed by atoms with van der Waals surface area (Å²) >= 11 is 0. The van der Waals surface area contributed by atoms with E-state index >= 15 is 0 Å². The predicted octanol–water partition coefficient (Wildman–Crippen LogP) is 1.92. The van der Waals surface area contributed by atoms with Crippen LogP contribution in [0.15, 0.2) is 0 Å². The van der Waals surface area contributed by atoms with Crippen molar-refractivity contribution in [3.63, 3.8) is 0 Å². The fraction of sp³-hybridized carbons (Fsp3) is 0.923. The molecule has 1 aliphatic carbocycles. The van der Waals surface area contributed by atoms with Gasteiger partial charge < -0.3 is 10.2 Å². The molecule has 16 heavy (non-hydrogen) atoms. The first-order valence-corrected chi connectivity index (χ1v) is 6.87. The maximum Gasteiger partial charge on any atom is 0.222 e. The number of amides is 1. The summed E-state index contributed by atoms with van der Waals surface area (Å²) in [6.45, 7) is 3.02. The molecule has 1 amide bonds. The summed E-state index contributed by atoms with van der Waals surface area (Å²) < 4.78 is 0. The average Bonchev–Trinajstić information content (AvgIpc) is 2.41. The number of carbonyl (C=O) groups excluding carboxylic acids is 1. The van der Waals surface area contributed by atoms with E-state index in [9.17, 15) is 4.79 Å². The number of hydrogen-bond acceptors (Lipinski definition) is 2. The van der Waals surface area contributed by atoms with Crippen LogP contribution in [0.25, 0.3) is 0 Å². The Morgan fingerprint density at radius 3 is 2.81 bits per heavy atom. The van der Waals surface area contributed by atoms with Crippen LogP contribution in [0.5, 0.6) is 0 Å². The molecule has 1 saturated carbocycles. The minimum absolute atomic E-state index is 0.376. The molecule has 1 aliphatic heterocycles. The zero-order valence-corrected chi connectivity index (χ0v) is 10.2. The summed E-state index contributed by atoms with van der Waals surface area (Å²) in [6, 6.07) is 0.778. The molecule has 0 aromatic carbocycles. The number of hydrogen-bond donors (Lipinski definition) is 1. The van der Waals surface area contributed by atoms with E-state index in [1.165, 1.54) is 32.1 Å². The van der Waals surface area contributed by atoms with Crippen molar-refractivity contribution in [3.8, 4) is 0 Å². The topological polar surface area (TPSA) is 32.3 Å². The molecule has 0 aromatic heterocycles. The molecule has 2 aliphatic rings. The molecule has 3 heteroatoms. The highest BCUT2D eigenvalue weighted by atomic mass is 16.2. The second-order valence-electron chi connectivity index (χ2n) is 5.13. The van der Waals surface area contributed by atoms with E-state index in [0.717, 1.165) is 44.9 Å². The van der Waals surface area contributed by atoms with Crippen molar-refractivity contribution < 1.29 is 4.79 Å². The van der Waals surface area contributed by atoms with Crippen molar-refractivity contribution in [2.75, 3.05) is 19.6 Å². The first kappa shape index (κ1) is 11.9. The van der Waals surface area contributed by atoms with Crippen LogP contribution in [0.1, 0.15) is 51.4 Å². The van der Waals surface area contributed by atoms with Gasteiger partial charge in [0.1, 0.15) is 0 Å². The van der Waals surface area contributed by atoms with Gasteiger partial charge in [-0.05, 0) is 38.6 Å². The van der Waals surface area contributed by atoms with E-state index < -0.39 is 0 Å². The third-order valence-electron chi connectivity index (χ3n) is 3.81. The molecular formula is C13H24N2O. The Labute approximate surface area is 98.6 Å². The van der Waals surface area contributed by atoms with Gasteiger partial charge in [-0.15, -0.1) is 0 Å². The van der Waals surface area contributed by atoms with Gasteiger partial charge in [0.05, 0.1) is 0 Å². The molecule has 2 rings (SSSR count). The van der Waals surface area contributed by atoms with Gasteiger partial charge in [0.2, 0.25) is 5.91 Å². The molecule has 1 heterocycles. The Bertz CT molecular complexity index is 226.